The number of aromatic hydroxyl groups is 1. The molecule has 13 amide bonds. The fourth-order valence-electron chi connectivity index (χ4n) is 12.4. The average molecular weight is 1580 g/mol. The molecule has 3 heterocycles. The minimum Gasteiger partial charge on any atom is -0.508 e. The standard InChI is InChI=1S/C75H109N21O15S/c1-9-40(7)61-72(110)89-51(22-16-28-82-75(79)80)66(104)93-60(39(5)6)71(109)94-59(38(3)4)70(108)88-50(21-15-27-81-74(77)78)65(103)91-55(35-97)64(102)85-34-57(99)86-53(30-43-32-83-48-19-13-11-17-46(43)48)69(107)96-62(41(8)10-2)73(111)90-54(31-44-33-84-49-20-14-12-18-47(44)49)67(105)92-56(63(76)101)36-112-37-58(100)87-52(68(106)95-61)29-42-23-25-45(98)26-24-42/h11-14,17-20,23-26,32-33,38-41,50-56,59-62,83-84,97-98H,9-10,15-16,21-22,27-31,34-37H2,1-8H3,(H2,76,101)(H,85,102)(H,86,99)(H,87,100)(H,88,108)(H,89,110)(H,90,111)(H,91,103)(H,92,105)(H,93,104)(H,94,109)(H,95,106)(H,96,107)(H4,77,78,81)(H4,79,80,82)/t40-,41-,50-,51-,52+,53-,54-,55-,56-,59-,60-,61-,62-/m0/s1. The molecular formula is C75H109N21O15S. The van der Waals surface area contributed by atoms with Crippen LogP contribution in [0.4, 0.5) is 0 Å². The zero-order valence-electron chi connectivity index (χ0n) is 64.2. The van der Waals surface area contributed by atoms with Crippen molar-refractivity contribution in [2.75, 3.05) is 37.7 Å². The molecule has 0 aliphatic carbocycles. The van der Waals surface area contributed by atoms with Crippen LogP contribution in [0.25, 0.3) is 21.8 Å². The van der Waals surface area contributed by atoms with E-state index in [0.29, 0.717) is 38.5 Å². The summed E-state index contributed by atoms with van der Waals surface area (Å²) in [6.45, 7) is 11.4. The monoisotopic (exact) mass is 1580 g/mol. The van der Waals surface area contributed by atoms with Crippen molar-refractivity contribution in [2.24, 2.45) is 40.9 Å². The number of aliphatic hydroxyl groups is 1. The van der Waals surface area contributed by atoms with Gasteiger partial charge in [0, 0.05) is 72.3 Å². The molecule has 112 heavy (non-hydrogen) atoms. The third-order valence-corrected chi connectivity index (χ3v) is 20.3. The van der Waals surface area contributed by atoms with Crippen LogP contribution in [0.1, 0.15) is 111 Å². The van der Waals surface area contributed by atoms with Crippen LogP contribution in [-0.4, -0.2) is 213 Å². The van der Waals surface area contributed by atoms with Crippen molar-refractivity contribution in [2.45, 2.75) is 180 Å². The number of H-pyrrole nitrogens is 2. The van der Waals surface area contributed by atoms with E-state index >= 15 is 4.79 Å². The molecule has 5 aromatic rings. The van der Waals surface area contributed by atoms with Gasteiger partial charge in [0.05, 0.1) is 18.9 Å². The Morgan fingerprint density at radius 3 is 1.34 bits per heavy atom. The number of guanidine groups is 2. The van der Waals surface area contributed by atoms with Crippen LogP contribution in [0.2, 0.25) is 0 Å². The van der Waals surface area contributed by atoms with Crippen molar-refractivity contribution >= 4 is 122 Å². The molecule has 36 nitrogen and oxygen atoms in total. The van der Waals surface area contributed by atoms with E-state index in [4.69, 9.17) is 28.0 Å². The summed E-state index contributed by atoms with van der Waals surface area (Å²) in [5.41, 5.74) is 20.0. The van der Waals surface area contributed by atoms with Gasteiger partial charge in [-0.05, 0) is 90.3 Å². The second-order valence-corrected chi connectivity index (χ2v) is 29.6. The molecule has 1 aliphatic rings. The Labute approximate surface area is 653 Å². The average Bonchev–Trinajstić information content (AvgIpc) is 1.24. The molecule has 2 aromatic heterocycles. The number of aromatic amines is 2. The number of nitrogens with two attached hydrogens (primary N) is 3. The first-order chi connectivity index (χ1) is 53.2. The van der Waals surface area contributed by atoms with E-state index in [9.17, 15) is 67.7 Å². The van der Waals surface area contributed by atoms with Gasteiger partial charge in [0.25, 0.3) is 0 Å². The summed E-state index contributed by atoms with van der Waals surface area (Å²) in [5.74, 6) is -16.3. The van der Waals surface area contributed by atoms with Crippen molar-refractivity contribution in [1.29, 1.82) is 10.8 Å². The summed E-state index contributed by atoms with van der Waals surface area (Å²) in [6.07, 6.45) is 3.12. The van der Waals surface area contributed by atoms with Crippen molar-refractivity contribution in [3.63, 3.8) is 0 Å². The fraction of sp³-hybridized carbons (Fsp3) is 0.507. The first kappa shape index (κ1) is 89.4. The van der Waals surface area contributed by atoms with E-state index in [1.165, 1.54) is 24.3 Å². The van der Waals surface area contributed by atoms with E-state index in [1.54, 1.807) is 116 Å². The highest BCUT2D eigenvalue weighted by atomic mass is 32.2. The van der Waals surface area contributed by atoms with E-state index in [-0.39, 0.29) is 88.3 Å². The number of carbonyl (C=O) groups is 13. The SMILES string of the molecule is CC[C@H](C)[C@@H]1NC(=O)[C@H](Cc2c[nH]c3ccccc23)NC(=O)CNC(=O)[C@H](CO)NC(=O)[C@H](CCCNC(=N)N)NC(=O)[C@H](C(C)C)NC(=O)[C@H](C(C)C)NC(=O)[C@H](CCCNC(=N)N)NC(=O)[C@H]([C@@H](C)CC)NC(=O)[C@@H](Cc2ccc(O)cc2)NC(=O)CSC[C@@H](C(N)=O)NC(=O)[C@H](Cc2c[nH]c3ccccc23)NC1=O. The second-order valence-electron chi connectivity index (χ2n) is 28.5. The van der Waals surface area contributed by atoms with Gasteiger partial charge in [0.2, 0.25) is 76.8 Å². The van der Waals surface area contributed by atoms with Crippen LogP contribution >= 0.6 is 11.8 Å². The Morgan fingerprint density at radius 2 is 0.875 bits per heavy atom. The lowest BCUT2D eigenvalue weighted by molar-refractivity contribution is -0.137. The normalized spacial score (nSPS) is 23.4. The molecule has 0 spiro atoms. The maximum Gasteiger partial charge on any atom is 0.245 e. The second kappa shape index (κ2) is 43.8. The zero-order chi connectivity index (χ0) is 82.5. The lowest BCUT2D eigenvalue weighted by atomic mass is 9.96. The summed E-state index contributed by atoms with van der Waals surface area (Å²) in [7, 11) is 0. The molecule has 0 saturated carbocycles. The van der Waals surface area contributed by atoms with Gasteiger partial charge in [-0.15, -0.1) is 11.8 Å². The van der Waals surface area contributed by atoms with E-state index in [2.05, 4.69) is 84.4 Å². The Morgan fingerprint density at radius 1 is 0.482 bits per heavy atom. The number of nitrogens with one attached hydrogen (secondary N) is 18. The predicted molar refractivity (Wildman–Crippen MR) is 421 cm³/mol. The first-order valence-electron chi connectivity index (χ1n) is 37.3. The van der Waals surface area contributed by atoms with E-state index in [1.807, 2.05) is 0 Å². The molecule has 0 radical (unpaired) electrons. The quantitative estimate of drug-likeness (QED) is 0.0202. The number of thioether (sulfide) groups is 1. The fourth-order valence-corrected chi connectivity index (χ4v) is 13.2. The number of benzene rings is 3. The molecule has 1 fully saturated rings. The first-order valence-corrected chi connectivity index (χ1v) is 38.5. The maximum absolute atomic E-state index is 15.0. The smallest absolute Gasteiger partial charge is 0.245 e. The zero-order valence-corrected chi connectivity index (χ0v) is 65.0. The van der Waals surface area contributed by atoms with E-state index < -0.39 is 192 Å². The number of hydrogen-bond acceptors (Lipinski definition) is 18. The van der Waals surface area contributed by atoms with E-state index in [0.717, 1.165) is 11.8 Å². The molecule has 26 N–H and O–H groups in total. The number of phenols is 1. The van der Waals surface area contributed by atoms with Crippen LogP contribution in [0.15, 0.2) is 85.2 Å². The number of primary amides is 1. The Hall–Kier alpha value is -11.5. The Balaban J connectivity index is 1.41. The van der Waals surface area contributed by atoms with Gasteiger partial charge < -0.3 is 112 Å². The number of phenolic OH excluding ortho intramolecular Hbond substituents is 1. The highest BCUT2D eigenvalue weighted by Crippen LogP contribution is 2.23. The van der Waals surface area contributed by atoms with Crippen molar-refractivity contribution < 1.29 is 72.5 Å². The van der Waals surface area contributed by atoms with Gasteiger partial charge in [-0.3, -0.25) is 73.1 Å². The lowest BCUT2D eigenvalue weighted by Crippen LogP contribution is -2.62. The predicted octanol–water partition coefficient (Wildman–Crippen LogP) is -2.01. The number of aromatic nitrogens is 2. The van der Waals surface area contributed by atoms with Crippen LogP contribution in [0.3, 0.4) is 0 Å². The highest BCUT2D eigenvalue weighted by Gasteiger charge is 2.39. The third kappa shape index (κ3) is 27.2. The maximum atomic E-state index is 15.0. The third-order valence-electron chi connectivity index (χ3n) is 19.2. The van der Waals surface area contributed by atoms with Gasteiger partial charge in [0.1, 0.15) is 72.2 Å². The number of rotatable bonds is 22. The summed E-state index contributed by atoms with van der Waals surface area (Å²) in [6, 6.07) is 3.72. The van der Waals surface area contributed by atoms with Gasteiger partial charge in [-0.1, -0.05) is 117 Å². The molecular weight excluding hydrogens is 1470 g/mol. The summed E-state index contributed by atoms with van der Waals surface area (Å²) in [4.78, 5) is 194. The van der Waals surface area contributed by atoms with Gasteiger partial charge >= 0.3 is 0 Å². The van der Waals surface area contributed by atoms with Crippen LogP contribution in [0.5, 0.6) is 5.75 Å². The van der Waals surface area contributed by atoms with Crippen molar-refractivity contribution in [3.05, 3.63) is 102 Å². The molecule has 3 aromatic carbocycles. The number of hydrogen-bond donors (Lipinski definition) is 23. The Kier molecular flexibility index (Phi) is 34.9. The molecule has 0 bridgehead atoms. The number of carbonyl (C=O) groups excluding carboxylic acids is 13. The molecule has 1 saturated heterocycles. The molecule has 6 rings (SSSR count). The van der Waals surface area contributed by atoms with Crippen LogP contribution in [0, 0.1) is 34.5 Å². The topological polar surface area (TPSA) is 588 Å². The summed E-state index contributed by atoms with van der Waals surface area (Å²) in [5, 5.41) is 74.6. The van der Waals surface area contributed by atoms with Crippen molar-refractivity contribution in [1.82, 2.24) is 84.4 Å². The minimum absolute atomic E-state index is 0.0216. The molecule has 1 aliphatic heterocycles. The molecule has 13 atom stereocenters. The molecule has 610 valence electrons. The number of para-hydroxylation sites is 2. The Bertz CT molecular complexity index is 4130. The number of amides is 13. The summed E-state index contributed by atoms with van der Waals surface area (Å²) < 4.78 is 0. The molecule has 37 heteroatoms. The van der Waals surface area contributed by atoms with Gasteiger partial charge in [0.15, 0.2) is 11.9 Å². The molecule has 0 unspecified atom stereocenters. The minimum atomic E-state index is -1.78. The van der Waals surface area contributed by atoms with Gasteiger partial charge in [-0.25, -0.2) is 0 Å². The largest absolute Gasteiger partial charge is 0.508 e. The summed E-state index contributed by atoms with van der Waals surface area (Å²) >= 11 is 0.847. The lowest BCUT2D eigenvalue weighted by Gasteiger charge is -2.31. The van der Waals surface area contributed by atoms with Crippen LogP contribution in [-0.2, 0) is 81.6 Å². The number of aliphatic hydroxyl groups excluding tert-OH is 1. The van der Waals surface area contributed by atoms with Crippen molar-refractivity contribution in [3.8, 4) is 5.75 Å². The van der Waals surface area contributed by atoms with Crippen LogP contribution < -0.4 is 91.6 Å². The highest BCUT2D eigenvalue weighted by molar-refractivity contribution is 8.00. The van der Waals surface area contributed by atoms with Gasteiger partial charge in [-0.2, -0.15) is 0 Å². The number of fused-ring (bicyclic) bond motifs is 2.